The zero-order chi connectivity index (χ0) is 22.2. The van der Waals surface area contributed by atoms with Crippen LogP contribution in [0.25, 0.3) is 0 Å². The van der Waals surface area contributed by atoms with Gasteiger partial charge in [-0.1, -0.05) is 27.2 Å². The van der Waals surface area contributed by atoms with E-state index in [0.29, 0.717) is 24.8 Å². The van der Waals surface area contributed by atoms with Gasteiger partial charge in [0, 0.05) is 0 Å². The second kappa shape index (κ2) is 10.9. The van der Waals surface area contributed by atoms with Crippen LogP contribution in [0.2, 0.25) is 0 Å². The van der Waals surface area contributed by atoms with E-state index in [4.69, 9.17) is 14.2 Å². The molecule has 0 bridgehead atoms. The molecule has 7 heteroatoms. The summed E-state index contributed by atoms with van der Waals surface area (Å²) in [6, 6.07) is 3.22. The molecule has 0 aliphatic carbocycles. The van der Waals surface area contributed by atoms with Gasteiger partial charge in [-0.25, -0.2) is 0 Å². The number of rotatable bonds is 12. The molecule has 0 saturated heterocycles. The first-order valence-corrected chi connectivity index (χ1v) is 10.0. The van der Waals surface area contributed by atoms with E-state index in [2.05, 4.69) is 0 Å². The predicted molar refractivity (Wildman–Crippen MR) is 109 cm³/mol. The summed E-state index contributed by atoms with van der Waals surface area (Å²) in [5, 5.41) is 20.2. The van der Waals surface area contributed by atoms with Crippen molar-refractivity contribution in [3.63, 3.8) is 0 Å². The molecule has 164 valence electrons. The Labute approximate surface area is 173 Å². The number of aromatic hydroxyl groups is 1. The topological polar surface area (TPSA) is 102 Å². The van der Waals surface area contributed by atoms with Gasteiger partial charge >= 0.3 is 11.9 Å². The summed E-state index contributed by atoms with van der Waals surface area (Å²) >= 11 is 0. The maximum absolute atomic E-state index is 13.2. The fraction of sp³-hybridized carbons (Fsp3) is 0.636. The Morgan fingerprint density at radius 1 is 1.10 bits per heavy atom. The molecule has 0 heterocycles. The third-order valence-electron chi connectivity index (χ3n) is 5.06. The van der Waals surface area contributed by atoms with Gasteiger partial charge in [0.15, 0.2) is 11.5 Å². The number of hydrogen-bond acceptors (Lipinski definition) is 6. The molecule has 7 nitrogen and oxygen atoms in total. The van der Waals surface area contributed by atoms with Gasteiger partial charge in [-0.15, -0.1) is 0 Å². The number of phenolic OH excluding ortho intramolecular Hbond substituents is 1. The lowest BCUT2D eigenvalue weighted by atomic mass is 9.65. The Morgan fingerprint density at radius 2 is 1.66 bits per heavy atom. The van der Waals surface area contributed by atoms with E-state index in [9.17, 15) is 19.8 Å². The maximum atomic E-state index is 13.2. The van der Waals surface area contributed by atoms with E-state index in [-0.39, 0.29) is 36.2 Å². The maximum Gasteiger partial charge on any atom is 0.313 e. The Morgan fingerprint density at radius 3 is 2.03 bits per heavy atom. The monoisotopic (exact) mass is 410 g/mol. The average Bonchev–Trinajstić information content (AvgIpc) is 2.66. The van der Waals surface area contributed by atoms with E-state index >= 15 is 0 Å². The number of carboxylic acid groups (broad SMARTS) is 1. The van der Waals surface area contributed by atoms with Gasteiger partial charge in [-0.2, -0.15) is 0 Å². The van der Waals surface area contributed by atoms with Crippen molar-refractivity contribution in [2.24, 2.45) is 17.3 Å². The summed E-state index contributed by atoms with van der Waals surface area (Å²) in [7, 11) is 2.84. The van der Waals surface area contributed by atoms with Gasteiger partial charge < -0.3 is 24.4 Å². The molecule has 0 aliphatic heterocycles. The molecule has 0 spiro atoms. The SMILES string of the molecule is CCCC(C(=O)O)C(Cc1cc(OC)c(O)c(OC)c1)(CC(C)C)C(=O)OCC. The van der Waals surface area contributed by atoms with Gasteiger partial charge in [0.1, 0.15) is 0 Å². The van der Waals surface area contributed by atoms with E-state index in [1.54, 1.807) is 19.1 Å². The minimum Gasteiger partial charge on any atom is -0.502 e. The number of methoxy groups -OCH3 is 2. The highest BCUT2D eigenvalue weighted by Crippen LogP contribution is 2.45. The van der Waals surface area contributed by atoms with E-state index in [0.717, 1.165) is 0 Å². The van der Waals surface area contributed by atoms with Crippen LogP contribution in [0.1, 0.15) is 52.5 Å². The third kappa shape index (κ3) is 5.78. The summed E-state index contributed by atoms with van der Waals surface area (Å²) in [6.45, 7) is 7.68. The van der Waals surface area contributed by atoms with Crippen molar-refractivity contribution in [1.82, 2.24) is 0 Å². The number of benzene rings is 1. The Bertz CT molecular complexity index is 673. The largest absolute Gasteiger partial charge is 0.502 e. The minimum atomic E-state index is -1.25. The Kier molecular flexibility index (Phi) is 9.27. The number of carbonyl (C=O) groups excluding carboxylic acids is 1. The Hall–Kier alpha value is -2.44. The molecule has 0 aliphatic rings. The molecule has 0 radical (unpaired) electrons. The van der Waals surface area contributed by atoms with Crippen LogP contribution in [-0.4, -0.2) is 43.0 Å². The molecule has 2 N–H and O–H groups in total. The highest BCUT2D eigenvalue weighted by atomic mass is 16.5. The van der Waals surface area contributed by atoms with Crippen LogP contribution >= 0.6 is 0 Å². The molecule has 0 saturated carbocycles. The lowest BCUT2D eigenvalue weighted by Crippen LogP contribution is -2.46. The second-order valence-corrected chi connectivity index (χ2v) is 7.68. The van der Waals surface area contributed by atoms with Crippen LogP contribution in [0.4, 0.5) is 0 Å². The lowest BCUT2D eigenvalue weighted by Gasteiger charge is -2.38. The van der Waals surface area contributed by atoms with Gasteiger partial charge in [0.2, 0.25) is 5.75 Å². The number of carboxylic acids is 1. The molecule has 1 rings (SSSR count). The van der Waals surface area contributed by atoms with Crippen molar-refractivity contribution in [2.45, 2.75) is 53.4 Å². The van der Waals surface area contributed by atoms with Crippen LogP contribution in [0.5, 0.6) is 17.2 Å². The van der Waals surface area contributed by atoms with E-state index in [1.165, 1.54) is 14.2 Å². The lowest BCUT2D eigenvalue weighted by molar-refractivity contribution is -0.169. The Balaban J connectivity index is 3.65. The fourth-order valence-corrected chi connectivity index (χ4v) is 3.98. The first kappa shape index (κ1) is 24.6. The van der Waals surface area contributed by atoms with Crippen molar-refractivity contribution in [3.05, 3.63) is 17.7 Å². The molecule has 2 atom stereocenters. The average molecular weight is 411 g/mol. The van der Waals surface area contributed by atoms with Gasteiger partial charge in [-0.05, 0) is 49.8 Å². The zero-order valence-electron chi connectivity index (χ0n) is 18.3. The quantitative estimate of drug-likeness (QED) is 0.501. The second-order valence-electron chi connectivity index (χ2n) is 7.68. The first-order valence-electron chi connectivity index (χ1n) is 10.0. The third-order valence-corrected chi connectivity index (χ3v) is 5.06. The molecule has 2 unspecified atom stereocenters. The molecular formula is C22H34O7. The minimum absolute atomic E-state index is 0.0685. The summed E-state index contributed by atoms with van der Waals surface area (Å²) in [6.07, 6.45) is 1.47. The van der Waals surface area contributed by atoms with Crippen molar-refractivity contribution in [1.29, 1.82) is 0 Å². The number of aliphatic carboxylic acids is 1. The summed E-state index contributed by atoms with van der Waals surface area (Å²) < 4.78 is 15.8. The highest BCUT2D eigenvalue weighted by molar-refractivity contribution is 5.85. The molecule has 0 amide bonds. The van der Waals surface area contributed by atoms with E-state index < -0.39 is 23.3 Å². The molecule has 29 heavy (non-hydrogen) atoms. The van der Waals surface area contributed by atoms with Crippen LogP contribution in [-0.2, 0) is 20.7 Å². The smallest absolute Gasteiger partial charge is 0.313 e. The summed E-state index contributed by atoms with van der Waals surface area (Å²) in [5.74, 6) is -2.11. The number of hydrogen-bond donors (Lipinski definition) is 2. The highest BCUT2D eigenvalue weighted by Gasteiger charge is 2.50. The number of phenols is 1. The molecule has 1 aromatic rings. The number of esters is 1. The predicted octanol–water partition coefficient (Wildman–Crippen LogP) is 4.05. The van der Waals surface area contributed by atoms with Crippen molar-refractivity contribution in [3.8, 4) is 17.2 Å². The standard InChI is InChI=1S/C22H34O7/c1-7-9-16(20(24)25)22(12-14(3)4,21(26)29-8-2)13-15-10-17(27-5)19(23)18(11-15)28-6/h10-11,14,16,23H,7-9,12-13H2,1-6H3,(H,24,25). The van der Waals surface area contributed by atoms with Gasteiger partial charge in [-0.3, -0.25) is 9.59 Å². The number of carbonyl (C=O) groups is 2. The number of ether oxygens (including phenoxy) is 3. The molecule has 1 aromatic carbocycles. The van der Waals surface area contributed by atoms with Crippen LogP contribution in [0, 0.1) is 17.3 Å². The van der Waals surface area contributed by atoms with Gasteiger partial charge in [0.25, 0.3) is 0 Å². The molecular weight excluding hydrogens is 376 g/mol. The fourth-order valence-electron chi connectivity index (χ4n) is 3.98. The summed E-state index contributed by atoms with van der Waals surface area (Å²) in [4.78, 5) is 25.4. The normalized spacial score (nSPS) is 14.2. The van der Waals surface area contributed by atoms with Crippen molar-refractivity contribution in [2.75, 3.05) is 20.8 Å². The molecule has 0 aromatic heterocycles. The van der Waals surface area contributed by atoms with Crippen LogP contribution in [0.15, 0.2) is 12.1 Å². The molecule has 0 fully saturated rings. The summed E-state index contributed by atoms with van der Waals surface area (Å²) in [5.41, 5.74) is -0.619. The van der Waals surface area contributed by atoms with Crippen LogP contribution < -0.4 is 9.47 Å². The van der Waals surface area contributed by atoms with Crippen molar-refractivity contribution < 1.29 is 34.0 Å². The van der Waals surface area contributed by atoms with E-state index in [1.807, 2.05) is 20.8 Å². The van der Waals surface area contributed by atoms with Gasteiger partial charge in [0.05, 0.1) is 32.2 Å². The van der Waals surface area contributed by atoms with Crippen molar-refractivity contribution >= 4 is 11.9 Å². The first-order chi connectivity index (χ1) is 13.7. The van der Waals surface area contributed by atoms with Crippen LogP contribution in [0.3, 0.4) is 0 Å². The zero-order valence-corrected chi connectivity index (χ0v) is 18.3.